The molecule has 1 aliphatic heterocycles. The van der Waals surface area contributed by atoms with Crippen LogP contribution in [-0.2, 0) is 9.53 Å². The molecule has 116 valence electrons. The Balaban J connectivity index is 2.90. The van der Waals surface area contributed by atoms with Crippen molar-refractivity contribution in [2.24, 2.45) is 11.3 Å². The molecule has 1 rings (SSSR count). The number of hydrogen-bond donors (Lipinski definition) is 1. The summed E-state index contributed by atoms with van der Waals surface area (Å²) in [6, 6.07) is -0.291. The third-order valence-corrected chi connectivity index (χ3v) is 3.91. The number of likely N-dealkylation sites (tertiary alicyclic amines) is 1. The molecule has 0 bridgehead atoms. The number of methoxy groups -OCH3 is 1. The van der Waals surface area contributed by atoms with E-state index < -0.39 is 12.1 Å². The Morgan fingerprint density at radius 2 is 1.90 bits per heavy atom. The summed E-state index contributed by atoms with van der Waals surface area (Å²) in [4.78, 5) is 26.2. The van der Waals surface area contributed by atoms with E-state index in [1.807, 2.05) is 25.7 Å². The van der Waals surface area contributed by atoms with Crippen molar-refractivity contribution < 1.29 is 14.3 Å². The van der Waals surface area contributed by atoms with Gasteiger partial charge >= 0.3 is 6.09 Å². The van der Waals surface area contributed by atoms with E-state index >= 15 is 0 Å². The fourth-order valence-corrected chi connectivity index (χ4v) is 2.75. The van der Waals surface area contributed by atoms with Crippen LogP contribution in [0, 0.1) is 11.3 Å². The highest BCUT2D eigenvalue weighted by Gasteiger charge is 2.40. The second-order valence-corrected chi connectivity index (χ2v) is 6.92. The maximum atomic E-state index is 12.8. The lowest BCUT2D eigenvalue weighted by Crippen LogP contribution is -2.56. The van der Waals surface area contributed by atoms with Crippen molar-refractivity contribution in [2.75, 3.05) is 13.7 Å². The van der Waals surface area contributed by atoms with Crippen LogP contribution in [0.25, 0.3) is 0 Å². The molecule has 0 aromatic rings. The fraction of sp³-hybridized carbons (Fsp3) is 0.867. The zero-order valence-corrected chi connectivity index (χ0v) is 13.5. The predicted octanol–water partition coefficient (Wildman–Crippen LogP) is 2.40. The van der Waals surface area contributed by atoms with Gasteiger partial charge in [0.25, 0.3) is 0 Å². The molecule has 1 heterocycles. The standard InChI is InChI=1S/C15H28N2O3/c1-10(2)11-8-7-9-17(11)13(18)12(15(3,4)5)16-14(19)20-6/h10-12H,7-9H2,1-6H3,(H,16,19). The van der Waals surface area contributed by atoms with E-state index in [-0.39, 0.29) is 17.4 Å². The van der Waals surface area contributed by atoms with Crippen molar-refractivity contribution in [3.63, 3.8) is 0 Å². The fourth-order valence-electron chi connectivity index (χ4n) is 2.75. The largest absolute Gasteiger partial charge is 0.453 e. The summed E-state index contributed by atoms with van der Waals surface area (Å²) in [5.74, 6) is 0.430. The number of alkyl carbamates (subject to hydrolysis) is 1. The number of nitrogens with zero attached hydrogens (tertiary/aromatic N) is 1. The molecule has 0 aromatic heterocycles. The van der Waals surface area contributed by atoms with Gasteiger partial charge in [0.1, 0.15) is 6.04 Å². The lowest BCUT2D eigenvalue weighted by molar-refractivity contribution is -0.137. The van der Waals surface area contributed by atoms with Crippen molar-refractivity contribution in [1.82, 2.24) is 10.2 Å². The zero-order valence-electron chi connectivity index (χ0n) is 13.5. The number of carbonyl (C=O) groups is 2. The van der Waals surface area contributed by atoms with Crippen LogP contribution in [0.1, 0.15) is 47.5 Å². The van der Waals surface area contributed by atoms with Crippen LogP contribution in [0.15, 0.2) is 0 Å². The molecule has 20 heavy (non-hydrogen) atoms. The molecule has 0 saturated carbocycles. The van der Waals surface area contributed by atoms with E-state index in [0.717, 1.165) is 19.4 Å². The van der Waals surface area contributed by atoms with E-state index in [2.05, 4.69) is 23.9 Å². The maximum Gasteiger partial charge on any atom is 0.407 e. The van der Waals surface area contributed by atoms with Crippen LogP contribution in [0.3, 0.4) is 0 Å². The van der Waals surface area contributed by atoms with Crippen molar-refractivity contribution >= 4 is 12.0 Å². The first-order chi connectivity index (χ1) is 9.18. The normalized spacial score (nSPS) is 20.9. The quantitative estimate of drug-likeness (QED) is 0.865. The molecule has 5 heteroatoms. The van der Waals surface area contributed by atoms with Crippen molar-refractivity contribution in [1.29, 1.82) is 0 Å². The molecule has 1 N–H and O–H groups in total. The molecule has 0 spiro atoms. The van der Waals surface area contributed by atoms with Crippen molar-refractivity contribution in [2.45, 2.75) is 59.5 Å². The van der Waals surface area contributed by atoms with Gasteiger partial charge < -0.3 is 15.0 Å². The van der Waals surface area contributed by atoms with Gasteiger partial charge in [0, 0.05) is 12.6 Å². The van der Waals surface area contributed by atoms with Crippen LogP contribution in [0.2, 0.25) is 0 Å². The number of rotatable bonds is 3. The van der Waals surface area contributed by atoms with Gasteiger partial charge in [-0.1, -0.05) is 34.6 Å². The van der Waals surface area contributed by atoms with Crippen LogP contribution < -0.4 is 5.32 Å². The minimum Gasteiger partial charge on any atom is -0.453 e. The Kier molecular flexibility index (Phi) is 5.42. The highest BCUT2D eigenvalue weighted by Crippen LogP contribution is 2.28. The maximum absolute atomic E-state index is 12.8. The molecule has 2 amide bonds. The average molecular weight is 284 g/mol. The first-order valence-corrected chi connectivity index (χ1v) is 7.33. The molecule has 2 atom stereocenters. The van der Waals surface area contributed by atoms with Crippen LogP contribution >= 0.6 is 0 Å². The molecule has 0 radical (unpaired) electrons. The Morgan fingerprint density at radius 3 is 2.35 bits per heavy atom. The molecule has 5 nitrogen and oxygen atoms in total. The Hall–Kier alpha value is -1.26. The van der Waals surface area contributed by atoms with Crippen LogP contribution in [-0.4, -0.2) is 42.6 Å². The summed E-state index contributed by atoms with van der Waals surface area (Å²) in [6.45, 7) is 10.9. The number of amides is 2. The van der Waals surface area contributed by atoms with Crippen LogP contribution in [0.5, 0.6) is 0 Å². The number of ether oxygens (including phenoxy) is 1. The Morgan fingerprint density at radius 1 is 1.30 bits per heavy atom. The second-order valence-electron chi connectivity index (χ2n) is 6.92. The predicted molar refractivity (Wildman–Crippen MR) is 78.4 cm³/mol. The molecule has 2 unspecified atom stereocenters. The van der Waals surface area contributed by atoms with E-state index in [0.29, 0.717) is 5.92 Å². The van der Waals surface area contributed by atoms with E-state index in [1.54, 1.807) is 0 Å². The minimum atomic E-state index is -0.561. The average Bonchev–Trinajstić information content (AvgIpc) is 2.82. The van der Waals surface area contributed by atoms with Crippen molar-refractivity contribution in [3.8, 4) is 0 Å². The van der Waals surface area contributed by atoms with Gasteiger partial charge in [-0.15, -0.1) is 0 Å². The first kappa shape index (κ1) is 16.8. The smallest absolute Gasteiger partial charge is 0.407 e. The monoisotopic (exact) mass is 284 g/mol. The molecular weight excluding hydrogens is 256 g/mol. The SMILES string of the molecule is COC(=O)NC(C(=O)N1CCCC1C(C)C)C(C)(C)C. The Bertz CT molecular complexity index is 361. The highest BCUT2D eigenvalue weighted by atomic mass is 16.5. The summed E-state index contributed by atoms with van der Waals surface area (Å²) in [6.07, 6.45) is 1.51. The molecule has 1 aliphatic rings. The van der Waals surface area contributed by atoms with Gasteiger partial charge in [0.05, 0.1) is 7.11 Å². The molecule has 0 aliphatic carbocycles. The number of carbonyl (C=O) groups excluding carboxylic acids is 2. The van der Waals surface area contributed by atoms with Crippen molar-refractivity contribution in [3.05, 3.63) is 0 Å². The summed E-state index contributed by atoms with van der Waals surface area (Å²) in [5, 5.41) is 2.69. The molecule has 1 saturated heterocycles. The van der Waals surface area contributed by atoms with Gasteiger partial charge in [0.15, 0.2) is 0 Å². The molecular formula is C15H28N2O3. The van der Waals surface area contributed by atoms with Gasteiger partial charge in [0.2, 0.25) is 5.91 Å². The summed E-state index contributed by atoms with van der Waals surface area (Å²) >= 11 is 0. The van der Waals surface area contributed by atoms with E-state index in [4.69, 9.17) is 0 Å². The first-order valence-electron chi connectivity index (χ1n) is 7.33. The zero-order chi connectivity index (χ0) is 15.5. The summed E-state index contributed by atoms with van der Waals surface area (Å²) in [7, 11) is 1.31. The van der Waals surface area contributed by atoms with Crippen LogP contribution in [0.4, 0.5) is 4.79 Å². The highest BCUT2D eigenvalue weighted by molar-refractivity contribution is 5.86. The summed E-state index contributed by atoms with van der Waals surface area (Å²) < 4.78 is 4.64. The topological polar surface area (TPSA) is 58.6 Å². The van der Waals surface area contributed by atoms with Gasteiger partial charge in [-0.3, -0.25) is 4.79 Å². The van der Waals surface area contributed by atoms with E-state index in [1.165, 1.54) is 7.11 Å². The third kappa shape index (κ3) is 3.87. The lowest BCUT2D eigenvalue weighted by Gasteiger charge is -2.36. The van der Waals surface area contributed by atoms with Gasteiger partial charge in [-0.05, 0) is 24.2 Å². The third-order valence-electron chi connectivity index (χ3n) is 3.91. The van der Waals surface area contributed by atoms with Gasteiger partial charge in [-0.2, -0.15) is 0 Å². The van der Waals surface area contributed by atoms with E-state index in [9.17, 15) is 9.59 Å². The lowest BCUT2D eigenvalue weighted by atomic mass is 9.85. The summed E-state index contributed by atoms with van der Waals surface area (Å²) in [5.41, 5.74) is -0.352. The van der Waals surface area contributed by atoms with Gasteiger partial charge in [-0.25, -0.2) is 4.79 Å². The second kappa shape index (κ2) is 6.46. The number of hydrogen-bond acceptors (Lipinski definition) is 3. The number of nitrogens with one attached hydrogen (secondary N) is 1. The molecule has 0 aromatic carbocycles. The molecule has 1 fully saturated rings. The minimum absolute atomic E-state index is 0.000833. The Labute approximate surface area is 122 Å².